The van der Waals surface area contributed by atoms with Crippen LogP contribution in [-0.2, 0) is 9.47 Å². The molecule has 0 atom stereocenters. The number of primary amides is 1. The molecule has 7 nitrogen and oxygen atoms in total. The normalized spacial score (nSPS) is 9.76. The smallest absolute Gasteiger partial charge is 0.404 e. The number of esters is 1. The van der Waals surface area contributed by atoms with Crippen LogP contribution in [0.3, 0.4) is 0 Å². The lowest BCUT2D eigenvalue weighted by Gasteiger charge is -2.01. The molecule has 0 aromatic carbocycles. The molecule has 0 aliphatic heterocycles. The van der Waals surface area contributed by atoms with Gasteiger partial charge in [-0.3, -0.25) is 0 Å². The molecule has 1 amide bonds. The van der Waals surface area contributed by atoms with Crippen molar-refractivity contribution in [3.63, 3.8) is 0 Å². The largest absolute Gasteiger partial charge is 0.464 e. The number of aryl methyl sites for hydroxylation is 1. The molecule has 0 bridgehead atoms. The van der Waals surface area contributed by atoms with E-state index in [-0.39, 0.29) is 12.3 Å². The molecule has 1 aromatic rings. The van der Waals surface area contributed by atoms with Crippen LogP contribution in [0.1, 0.15) is 15.4 Å². The number of aromatic nitrogens is 1. The van der Waals surface area contributed by atoms with E-state index in [9.17, 15) is 9.59 Å². The predicted octanol–water partition coefficient (Wildman–Crippen LogP) is 0.745. The van der Waals surface area contributed by atoms with Gasteiger partial charge in [-0.2, -0.15) is 0 Å². The second kappa shape index (κ2) is 6.04. The molecular formula is C9H13N3O4S. The van der Waals surface area contributed by atoms with Crippen molar-refractivity contribution in [3.05, 3.63) is 10.6 Å². The minimum absolute atomic E-state index is 0.140. The summed E-state index contributed by atoms with van der Waals surface area (Å²) in [5.74, 6) is -0.472. The van der Waals surface area contributed by atoms with Gasteiger partial charge in [0.25, 0.3) is 0 Å². The number of methoxy groups -OCH3 is 1. The first-order chi connectivity index (χ1) is 8.04. The molecule has 0 fully saturated rings. The summed E-state index contributed by atoms with van der Waals surface area (Å²) < 4.78 is 9.11. The van der Waals surface area contributed by atoms with Crippen molar-refractivity contribution >= 4 is 28.5 Å². The maximum absolute atomic E-state index is 11.3. The molecule has 1 aromatic heterocycles. The SMILES string of the molecule is COC(=O)c1nc(NCCOC(N)=O)sc1C. The third-order valence-corrected chi connectivity index (χ3v) is 2.73. The summed E-state index contributed by atoms with van der Waals surface area (Å²) in [5, 5.41) is 3.47. The zero-order chi connectivity index (χ0) is 12.8. The number of nitrogens with zero attached hydrogens (tertiary/aromatic N) is 1. The maximum atomic E-state index is 11.3. The van der Waals surface area contributed by atoms with Gasteiger partial charge in [0.2, 0.25) is 0 Å². The van der Waals surface area contributed by atoms with Crippen LogP contribution in [0.2, 0.25) is 0 Å². The Hall–Kier alpha value is -1.83. The molecule has 17 heavy (non-hydrogen) atoms. The van der Waals surface area contributed by atoms with Crippen LogP contribution >= 0.6 is 11.3 Å². The molecule has 1 heterocycles. The second-order valence-electron chi connectivity index (χ2n) is 3.01. The Morgan fingerprint density at radius 1 is 1.53 bits per heavy atom. The fraction of sp³-hybridized carbons (Fsp3) is 0.444. The summed E-state index contributed by atoms with van der Waals surface area (Å²) >= 11 is 1.32. The highest BCUT2D eigenvalue weighted by molar-refractivity contribution is 7.15. The fourth-order valence-corrected chi connectivity index (χ4v) is 1.89. The Labute approximate surface area is 102 Å². The van der Waals surface area contributed by atoms with Gasteiger partial charge in [-0.1, -0.05) is 0 Å². The van der Waals surface area contributed by atoms with E-state index in [2.05, 4.69) is 19.8 Å². The molecule has 0 spiro atoms. The minimum atomic E-state index is -0.822. The van der Waals surface area contributed by atoms with E-state index < -0.39 is 12.1 Å². The van der Waals surface area contributed by atoms with Gasteiger partial charge in [0, 0.05) is 4.88 Å². The van der Waals surface area contributed by atoms with E-state index in [1.807, 2.05) is 0 Å². The number of hydrogen-bond donors (Lipinski definition) is 2. The lowest BCUT2D eigenvalue weighted by molar-refractivity contribution is 0.0594. The summed E-state index contributed by atoms with van der Waals surface area (Å²) in [6.07, 6.45) is -0.822. The van der Waals surface area contributed by atoms with Crippen molar-refractivity contribution in [2.75, 3.05) is 25.6 Å². The van der Waals surface area contributed by atoms with E-state index in [0.29, 0.717) is 11.7 Å². The third kappa shape index (κ3) is 3.91. The van der Waals surface area contributed by atoms with Crippen LogP contribution in [-0.4, -0.2) is 37.3 Å². The average molecular weight is 259 g/mol. The first-order valence-electron chi connectivity index (χ1n) is 4.76. The number of ether oxygens (including phenoxy) is 2. The highest BCUT2D eigenvalue weighted by Gasteiger charge is 2.15. The van der Waals surface area contributed by atoms with E-state index in [1.54, 1.807) is 6.92 Å². The van der Waals surface area contributed by atoms with Gasteiger partial charge in [-0.15, -0.1) is 11.3 Å². The van der Waals surface area contributed by atoms with Gasteiger partial charge in [-0.25, -0.2) is 14.6 Å². The van der Waals surface area contributed by atoms with E-state index in [1.165, 1.54) is 18.4 Å². The van der Waals surface area contributed by atoms with Gasteiger partial charge >= 0.3 is 12.1 Å². The number of carbonyl (C=O) groups excluding carboxylic acids is 2. The number of nitrogens with two attached hydrogens (primary N) is 1. The van der Waals surface area contributed by atoms with Crippen molar-refractivity contribution in [2.45, 2.75) is 6.92 Å². The number of rotatable bonds is 5. The zero-order valence-electron chi connectivity index (χ0n) is 9.48. The van der Waals surface area contributed by atoms with E-state index in [0.717, 1.165) is 4.88 Å². The number of hydrogen-bond acceptors (Lipinski definition) is 7. The molecule has 8 heteroatoms. The summed E-state index contributed by atoms with van der Waals surface area (Å²) in [5.41, 5.74) is 5.08. The molecule has 0 unspecified atom stereocenters. The first-order valence-corrected chi connectivity index (χ1v) is 5.58. The molecule has 1 rings (SSSR count). The second-order valence-corrected chi connectivity index (χ2v) is 4.21. The van der Waals surface area contributed by atoms with Crippen molar-refractivity contribution in [2.24, 2.45) is 5.73 Å². The molecule has 3 N–H and O–H groups in total. The highest BCUT2D eigenvalue weighted by Crippen LogP contribution is 2.22. The number of thiazole rings is 1. The van der Waals surface area contributed by atoms with E-state index in [4.69, 9.17) is 5.73 Å². The lowest BCUT2D eigenvalue weighted by Crippen LogP contribution is -2.18. The van der Waals surface area contributed by atoms with Crippen LogP contribution in [0.15, 0.2) is 0 Å². The first kappa shape index (κ1) is 13.2. The molecule has 94 valence electrons. The van der Waals surface area contributed by atoms with Gasteiger partial charge in [0.1, 0.15) is 6.61 Å². The Kier molecular flexibility index (Phi) is 4.70. The quantitative estimate of drug-likeness (QED) is 0.597. The Balaban J connectivity index is 2.50. The molecule has 0 aliphatic carbocycles. The Morgan fingerprint density at radius 2 is 2.24 bits per heavy atom. The van der Waals surface area contributed by atoms with Crippen LogP contribution in [0.5, 0.6) is 0 Å². The summed E-state index contributed by atoms with van der Waals surface area (Å²) in [6.45, 7) is 2.28. The topological polar surface area (TPSA) is 104 Å². The van der Waals surface area contributed by atoms with Gasteiger partial charge in [0.05, 0.1) is 13.7 Å². The number of amides is 1. The molecule has 0 aliphatic rings. The van der Waals surface area contributed by atoms with Gasteiger partial charge in [-0.05, 0) is 6.92 Å². The average Bonchev–Trinajstić information content (AvgIpc) is 2.65. The Morgan fingerprint density at radius 3 is 2.82 bits per heavy atom. The monoisotopic (exact) mass is 259 g/mol. The molecule has 0 radical (unpaired) electrons. The summed E-state index contributed by atoms with van der Waals surface area (Å²) in [7, 11) is 1.30. The van der Waals surface area contributed by atoms with Crippen LogP contribution < -0.4 is 11.1 Å². The standard InChI is InChI=1S/C9H13N3O4S/c1-5-6(7(13)15-2)12-9(17-5)11-3-4-16-8(10)14/h3-4H2,1-2H3,(H2,10,14)(H,11,12). The van der Waals surface area contributed by atoms with Crippen LogP contribution in [0.4, 0.5) is 9.93 Å². The van der Waals surface area contributed by atoms with Crippen LogP contribution in [0, 0.1) is 6.92 Å². The molecule has 0 saturated carbocycles. The highest BCUT2D eigenvalue weighted by atomic mass is 32.1. The van der Waals surface area contributed by atoms with Crippen LogP contribution in [0.25, 0.3) is 0 Å². The van der Waals surface area contributed by atoms with Crippen molar-refractivity contribution in [1.29, 1.82) is 0 Å². The van der Waals surface area contributed by atoms with Crippen molar-refractivity contribution < 1.29 is 19.1 Å². The van der Waals surface area contributed by atoms with Gasteiger partial charge < -0.3 is 20.5 Å². The number of nitrogens with one attached hydrogen (secondary N) is 1. The minimum Gasteiger partial charge on any atom is -0.464 e. The summed E-state index contributed by atoms with van der Waals surface area (Å²) in [6, 6.07) is 0. The maximum Gasteiger partial charge on any atom is 0.404 e. The lowest BCUT2D eigenvalue weighted by atomic mass is 10.4. The van der Waals surface area contributed by atoms with Crippen molar-refractivity contribution in [3.8, 4) is 0 Å². The molecular weight excluding hydrogens is 246 g/mol. The summed E-state index contributed by atoms with van der Waals surface area (Å²) in [4.78, 5) is 26.4. The fourth-order valence-electron chi connectivity index (χ4n) is 1.07. The third-order valence-electron chi connectivity index (χ3n) is 1.80. The predicted molar refractivity (Wildman–Crippen MR) is 62.2 cm³/mol. The number of carbonyl (C=O) groups is 2. The van der Waals surface area contributed by atoms with Crippen molar-refractivity contribution in [1.82, 2.24) is 4.98 Å². The Bertz CT molecular complexity index is 418. The van der Waals surface area contributed by atoms with Gasteiger partial charge in [0.15, 0.2) is 10.8 Å². The number of anilines is 1. The van der Waals surface area contributed by atoms with E-state index >= 15 is 0 Å². The molecule has 0 saturated heterocycles. The zero-order valence-corrected chi connectivity index (χ0v) is 10.3.